The van der Waals surface area contributed by atoms with E-state index in [1.54, 1.807) is 11.3 Å². The number of hydrogen-bond acceptors (Lipinski definition) is 3. The van der Waals surface area contributed by atoms with E-state index in [2.05, 4.69) is 69.3 Å². The van der Waals surface area contributed by atoms with Crippen LogP contribution in [0.4, 0.5) is 0 Å². The van der Waals surface area contributed by atoms with Crippen LogP contribution in [0, 0.1) is 0 Å². The summed E-state index contributed by atoms with van der Waals surface area (Å²) >= 11 is 5.32. The average molecular weight is 370 g/mol. The van der Waals surface area contributed by atoms with Crippen molar-refractivity contribution in [2.75, 3.05) is 6.54 Å². The highest BCUT2D eigenvalue weighted by Crippen LogP contribution is 2.27. The van der Waals surface area contributed by atoms with E-state index in [0.29, 0.717) is 6.04 Å². The molecule has 2 heterocycles. The molecule has 2 aromatic heterocycles. The standard InChI is InChI=1S/C16H24BrN3S/c1-4-7-18-15(12-8-16(17)21-11-12)10-14-9-13(5-2)19-20(14)6-3/h8-9,11,15,18H,4-7,10H2,1-3H3. The monoisotopic (exact) mass is 369 g/mol. The van der Waals surface area contributed by atoms with Gasteiger partial charge in [-0.15, -0.1) is 11.3 Å². The molecule has 0 aliphatic rings. The Morgan fingerprint density at radius 1 is 1.33 bits per heavy atom. The van der Waals surface area contributed by atoms with E-state index in [0.717, 1.165) is 32.4 Å². The predicted octanol–water partition coefficient (Wildman–Crippen LogP) is 4.57. The smallest absolute Gasteiger partial charge is 0.0701 e. The second-order valence-corrected chi connectivity index (χ2v) is 7.48. The van der Waals surface area contributed by atoms with Gasteiger partial charge in [0.1, 0.15) is 0 Å². The van der Waals surface area contributed by atoms with Crippen LogP contribution in [0.25, 0.3) is 0 Å². The number of halogens is 1. The molecule has 0 saturated heterocycles. The van der Waals surface area contributed by atoms with Crippen LogP contribution in [0.2, 0.25) is 0 Å². The number of hydrogen-bond donors (Lipinski definition) is 1. The van der Waals surface area contributed by atoms with Crippen molar-refractivity contribution in [1.82, 2.24) is 15.1 Å². The molecular formula is C16H24BrN3S. The lowest BCUT2D eigenvalue weighted by atomic mass is 10.0. The first-order valence-electron chi connectivity index (χ1n) is 7.70. The summed E-state index contributed by atoms with van der Waals surface area (Å²) in [7, 11) is 0. The molecule has 0 aliphatic carbocycles. The van der Waals surface area contributed by atoms with Gasteiger partial charge in [0, 0.05) is 24.7 Å². The minimum atomic E-state index is 0.360. The van der Waals surface area contributed by atoms with E-state index in [1.807, 2.05) is 0 Å². The molecule has 116 valence electrons. The molecule has 1 atom stereocenters. The zero-order valence-electron chi connectivity index (χ0n) is 13.0. The van der Waals surface area contributed by atoms with Crippen LogP contribution in [0.3, 0.4) is 0 Å². The first-order valence-corrected chi connectivity index (χ1v) is 9.38. The van der Waals surface area contributed by atoms with Crippen LogP contribution >= 0.6 is 27.3 Å². The molecule has 5 heteroatoms. The van der Waals surface area contributed by atoms with Crippen molar-refractivity contribution in [3.63, 3.8) is 0 Å². The molecule has 1 unspecified atom stereocenters. The number of nitrogens with one attached hydrogen (secondary N) is 1. The number of rotatable bonds is 8. The highest BCUT2D eigenvalue weighted by molar-refractivity contribution is 9.11. The molecule has 1 N–H and O–H groups in total. The van der Waals surface area contributed by atoms with E-state index >= 15 is 0 Å². The van der Waals surface area contributed by atoms with Crippen LogP contribution in [0.15, 0.2) is 21.3 Å². The Hall–Kier alpha value is -0.650. The molecule has 21 heavy (non-hydrogen) atoms. The van der Waals surface area contributed by atoms with Crippen molar-refractivity contribution in [3.8, 4) is 0 Å². The normalized spacial score (nSPS) is 12.8. The first kappa shape index (κ1) is 16.7. The summed E-state index contributed by atoms with van der Waals surface area (Å²) in [6.07, 6.45) is 3.14. The summed E-state index contributed by atoms with van der Waals surface area (Å²) in [4.78, 5) is 0. The number of nitrogens with zero attached hydrogens (tertiary/aromatic N) is 2. The van der Waals surface area contributed by atoms with Gasteiger partial charge in [-0.3, -0.25) is 4.68 Å². The number of aryl methyl sites for hydroxylation is 2. The molecule has 0 amide bonds. The first-order chi connectivity index (χ1) is 10.2. The lowest BCUT2D eigenvalue weighted by molar-refractivity contribution is 0.503. The zero-order chi connectivity index (χ0) is 15.2. The van der Waals surface area contributed by atoms with Gasteiger partial charge in [0.2, 0.25) is 0 Å². The van der Waals surface area contributed by atoms with E-state index in [9.17, 15) is 0 Å². The second kappa shape index (κ2) is 8.11. The van der Waals surface area contributed by atoms with Gasteiger partial charge in [-0.05, 0) is 65.3 Å². The molecular weight excluding hydrogens is 346 g/mol. The minimum Gasteiger partial charge on any atom is -0.310 e. The third-order valence-corrected chi connectivity index (χ3v) is 5.14. The van der Waals surface area contributed by atoms with Crippen LogP contribution in [0.5, 0.6) is 0 Å². The summed E-state index contributed by atoms with van der Waals surface area (Å²) < 4.78 is 3.33. The maximum atomic E-state index is 4.66. The summed E-state index contributed by atoms with van der Waals surface area (Å²) in [5.41, 5.74) is 3.88. The second-order valence-electron chi connectivity index (χ2n) is 5.19. The highest BCUT2D eigenvalue weighted by Gasteiger charge is 2.16. The van der Waals surface area contributed by atoms with Gasteiger partial charge < -0.3 is 5.32 Å². The Balaban J connectivity index is 2.19. The van der Waals surface area contributed by atoms with Crippen LogP contribution in [0.1, 0.15) is 50.2 Å². The number of aromatic nitrogens is 2. The van der Waals surface area contributed by atoms with Gasteiger partial charge >= 0.3 is 0 Å². The molecule has 0 saturated carbocycles. The summed E-state index contributed by atoms with van der Waals surface area (Å²) in [5.74, 6) is 0. The van der Waals surface area contributed by atoms with Crippen molar-refractivity contribution in [2.45, 2.75) is 52.6 Å². The van der Waals surface area contributed by atoms with Crippen LogP contribution < -0.4 is 5.32 Å². The fourth-order valence-corrected chi connectivity index (χ4v) is 3.70. The third kappa shape index (κ3) is 4.41. The van der Waals surface area contributed by atoms with Crippen LogP contribution in [-0.2, 0) is 19.4 Å². The lowest BCUT2D eigenvalue weighted by Crippen LogP contribution is -2.24. The Morgan fingerprint density at radius 2 is 2.14 bits per heavy atom. The van der Waals surface area contributed by atoms with Gasteiger partial charge in [-0.2, -0.15) is 5.10 Å². The summed E-state index contributed by atoms with van der Waals surface area (Å²) in [5, 5.41) is 10.6. The summed E-state index contributed by atoms with van der Waals surface area (Å²) in [6.45, 7) is 8.50. The minimum absolute atomic E-state index is 0.360. The van der Waals surface area contributed by atoms with Crippen molar-refractivity contribution in [3.05, 3.63) is 38.3 Å². The molecule has 0 aliphatic heterocycles. The Bertz CT molecular complexity index is 562. The average Bonchev–Trinajstić information content (AvgIpc) is 3.09. The van der Waals surface area contributed by atoms with Crippen molar-refractivity contribution < 1.29 is 0 Å². The fraction of sp³-hybridized carbons (Fsp3) is 0.562. The maximum absolute atomic E-state index is 4.66. The Labute approximate surface area is 139 Å². The molecule has 2 rings (SSSR count). The van der Waals surface area contributed by atoms with E-state index in [-0.39, 0.29) is 0 Å². The Kier molecular flexibility index (Phi) is 6.45. The van der Waals surface area contributed by atoms with Crippen molar-refractivity contribution in [1.29, 1.82) is 0 Å². The van der Waals surface area contributed by atoms with Gasteiger partial charge in [0.15, 0.2) is 0 Å². The van der Waals surface area contributed by atoms with Gasteiger partial charge in [-0.1, -0.05) is 13.8 Å². The largest absolute Gasteiger partial charge is 0.310 e. The van der Waals surface area contributed by atoms with Crippen LogP contribution in [-0.4, -0.2) is 16.3 Å². The van der Waals surface area contributed by atoms with Crippen molar-refractivity contribution in [2.24, 2.45) is 0 Å². The van der Waals surface area contributed by atoms with E-state index < -0.39 is 0 Å². The van der Waals surface area contributed by atoms with Gasteiger partial charge in [0.25, 0.3) is 0 Å². The highest BCUT2D eigenvalue weighted by atomic mass is 79.9. The topological polar surface area (TPSA) is 29.9 Å². The molecule has 0 fully saturated rings. The van der Waals surface area contributed by atoms with E-state index in [1.165, 1.54) is 20.7 Å². The van der Waals surface area contributed by atoms with Gasteiger partial charge in [-0.25, -0.2) is 0 Å². The lowest BCUT2D eigenvalue weighted by Gasteiger charge is -2.18. The molecule has 3 nitrogen and oxygen atoms in total. The van der Waals surface area contributed by atoms with E-state index in [4.69, 9.17) is 0 Å². The molecule has 0 spiro atoms. The molecule has 2 aromatic rings. The van der Waals surface area contributed by atoms with Gasteiger partial charge in [0.05, 0.1) is 9.48 Å². The SMILES string of the molecule is CCCNC(Cc1cc(CC)nn1CC)c1csc(Br)c1. The molecule has 0 bridgehead atoms. The predicted molar refractivity (Wildman–Crippen MR) is 94.0 cm³/mol. The fourth-order valence-electron chi connectivity index (χ4n) is 2.47. The number of thiophene rings is 1. The maximum Gasteiger partial charge on any atom is 0.0701 e. The third-order valence-electron chi connectivity index (χ3n) is 3.62. The summed E-state index contributed by atoms with van der Waals surface area (Å²) in [6, 6.07) is 4.84. The molecule has 0 aromatic carbocycles. The van der Waals surface area contributed by atoms with Crippen molar-refractivity contribution >= 4 is 27.3 Å². The Morgan fingerprint density at radius 3 is 2.71 bits per heavy atom. The molecule has 0 radical (unpaired) electrons. The zero-order valence-corrected chi connectivity index (χ0v) is 15.4. The quantitative estimate of drug-likeness (QED) is 0.738.